The van der Waals surface area contributed by atoms with E-state index in [0.29, 0.717) is 0 Å². The van der Waals surface area contributed by atoms with Crippen molar-refractivity contribution in [3.05, 3.63) is 24.3 Å². The second-order valence-electron chi connectivity index (χ2n) is 2.03. The van der Waals surface area contributed by atoms with E-state index >= 15 is 0 Å². The van der Waals surface area contributed by atoms with Crippen molar-refractivity contribution >= 4 is 0 Å². The summed E-state index contributed by atoms with van der Waals surface area (Å²) in [6.07, 6.45) is 10.9. The van der Waals surface area contributed by atoms with Crippen LogP contribution in [0.2, 0.25) is 0 Å². The topological polar surface area (TPSA) is 23.8 Å². The van der Waals surface area contributed by atoms with Gasteiger partial charge in [0.15, 0.2) is 0 Å². The van der Waals surface area contributed by atoms with Crippen LogP contribution in [0.4, 0.5) is 0 Å². The molecule has 1 nitrogen and oxygen atoms in total. The molecule has 0 aromatic rings. The van der Waals surface area contributed by atoms with E-state index in [0.717, 1.165) is 19.3 Å². The Kier molecular flexibility index (Phi) is 7.15. The van der Waals surface area contributed by atoms with Crippen molar-refractivity contribution in [2.45, 2.75) is 26.2 Å². The maximum absolute atomic E-state index is 8.12. The molecule has 54 valence electrons. The molecule has 0 aliphatic heterocycles. The lowest BCUT2D eigenvalue weighted by Gasteiger charge is -1.86. The minimum absolute atomic E-state index is 1.01. The molecule has 0 fully saturated rings. The van der Waals surface area contributed by atoms with E-state index in [9.17, 15) is 0 Å². The van der Waals surface area contributed by atoms with Gasteiger partial charge in [0.25, 0.3) is 0 Å². The summed E-state index contributed by atoms with van der Waals surface area (Å²) in [5.41, 5.74) is 0. The highest BCUT2D eigenvalue weighted by molar-refractivity contribution is 5.01. The molecule has 0 amide bonds. The fourth-order valence-electron chi connectivity index (χ4n) is 0.656. The van der Waals surface area contributed by atoms with Crippen LogP contribution in [0, 0.1) is 11.3 Å². The van der Waals surface area contributed by atoms with Crippen LogP contribution in [-0.4, -0.2) is 0 Å². The molecule has 0 aliphatic rings. The van der Waals surface area contributed by atoms with Gasteiger partial charge >= 0.3 is 0 Å². The predicted molar refractivity (Wildman–Crippen MR) is 43.4 cm³/mol. The van der Waals surface area contributed by atoms with E-state index in [1.54, 1.807) is 0 Å². The third-order valence-electron chi connectivity index (χ3n) is 1.17. The first-order valence-corrected chi connectivity index (χ1v) is 3.57. The Morgan fingerprint density at radius 1 is 1.30 bits per heavy atom. The second kappa shape index (κ2) is 7.97. The number of allylic oxidation sites excluding steroid dienone is 4. The van der Waals surface area contributed by atoms with Crippen LogP contribution in [0.25, 0.3) is 0 Å². The van der Waals surface area contributed by atoms with Gasteiger partial charge in [0.05, 0.1) is 6.07 Å². The molecule has 0 unspecified atom stereocenters. The summed E-state index contributed by atoms with van der Waals surface area (Å²) in [5.74, 6) is 0. The van der Waals surface area contributed by atoms with E-state index in [2.05, 4.69) is 6.08 Å². The first-order chi connectivity index (χ1) is 4.91. The fraction of sp³-hybridized carbons (Fsp3) is 0.444. The fourth-order valence-corrected chi connectivity index (χ4v) is 0.656. The summed E-state index contributed by atoms with van der Waals surface area (Å²) in [4.78, 5) is 0. The lowest BCUT2D eigenvalue weighted by molar-refractivity contribution is 0.867. The molecule has 0 rings (SSSR count). The zero-order valence-electron chi connectivity index (χ0n) is 6.38. The molecular formula is C9H13N. The predicted octanol–water partition coefficient (Wildman–Crippen LogP) is 2.81. The molecule has 0 spiro atoms. The van der Waals surface area contributed by atoms with Crippen LogP contribution < -0.4 is 0 Å². The number of hydrogen-bond acceptors (Lipinski definition) is 1. The first-order valence-electron chi connectivity index (χ1n) is 3.57. The summed E-state index contributed by atoms with van der Waals surface area (Å²) < 4.78 is 0. The molecule has 0 radical (unpaired) electrons. The van der Waals surface area contributed by atoms with Gasteiger partial charge < -0.3 is 0 Å². The molecule has 0 saturated heterocycles. The highest BCUT2D eigenvalue weighted by Crippen LogP contribution is 1.96. The van der Waals surface area contributed by atoms with Crippen molar-refractivity contribution in [3.8, 4) is 6.07 Å². The van der Waals surface area contributed by atoms with Crippen LogP contribution in [0.5, 0.6) is 0 Å². The zero-order valence-corrected chi connectivity index (χ0v) is 6.38. The van der Waals surface area contributed by atoms with Crippen LogP contribution in [0.3, 0.4) is 0 Å². The second-order valence-corrected chi connectivity index (χ2v) is 2.03. The SMILES string of the molecule is C/C=C\CCC/C=C\C#N. The Hall–Kier alpha value is -1.03. The molecule has 0 saturated carbocycles. The number of hydrogen-bond donors (Lipinski definition) is 0. The van der Waals surface area contributed by atoms with Crippen molar-refractivity contribution in [3.63, 3.8) is 0 Å². The molecule has 0 aromatic heterocycles. The molecule has 0 N–H and O–H groups in total. The summed E-state index contributed by atoms with van der Waals surface area (Å²) in [6.45, 7) is 2.02. The Morgan fingerprint density at radius 2 is 2.00 bits per heavy atom. The van der Waals surface area contributed by atoms with E-state index in [1.165, 1.54) is 6.08 Å². The third-order valence-corrected chi connectivity index (χ3v) is 1.17. The van der Waals surface area contributed by atoms with Crippen molar-refractivity contribution in [1.82, 2.24) is 0 Å². The molecule has 1 heteroatoms. The average Bonchev–Trinajstić information content (AvgIpc) is 1.97. The average molecular weight is 135 g/mol. The first kappa shape index (κ1) is 8.97. The van der Waals surface area contributed by atoms with Crippen LogP contribution in [-0.2, 0) is 0 Å². The largest absolute Gasteiger partial charge is 0.193 e. The van der Waals surface area contributed by atoms with Gasteiger partial charge in [-0.15, -0.1) is 0 Å². The monoisotopic (exact) mass is 135 g/mol. The van der Waals surface area contributed by atoms with E-state index in [-0.39, 0.29) is 0 Å². The quantitative estimate of drug-likeness (QED) is 0.330. The number of rotatable bonds is 4. The maximum atomic E-state index is 8.12. The minimum atomic E-state index is 1.01. The lowest BCUT2D eigenvalue weighted by Crippen LogP contribution is -1.67. The Labute approximate surface area is 62.7 Å². The van der Waals surface area contributed by atoms with Gasteiger partial charge in [-0.05, 0) is 26.2 Å². The van der Waals surface area contributed by atoms with Crippen molar-refractivity contribution < 1.29 is 0 Å². The Balaban J connectivity index is 3.07. The zero-order chi connectivity index (χ0) is 7.66. The van der Waals surface area contributed by atoms with Gasteiger partial charge in [0.1, 0.15) is 0 Å². The summed E-state index contributed by atoms with van der Waals surface area (Å²) in [5, 5.41) is 8.12. The normalized spacial score (nSPS) is 10.8. The molecule has 0 heterocycles. The number of unbranched alkanes of at least 4 members (excludes halogenated alkanes) is 2. The van der Waals surface area contributed by atoms with Gasteiger partial charge in [-0.2, -0.15) is 5.26 Å². The summed E-state index contributed by atoms with van der Waals surface area (Å²) >= 11 is 0. The van der Waals surface area contributed by atoms with Gasteiger partial charge in [0.2, 0.25) is 0 Å². The van der Waals surface area contributed by atoms with Gasteiger partial charge in [0, 0.05) is 6.08 Å². The van der Waals surface area contributed by atoms with Gasteiger partial charge in [-0.3, -0.25) is 0 Å². The molecule has 0 aromatic carbocycles. The van der Waals surface area contributed by atoms with E-state index < -0.39 is 0 Å². The van der Waals surface area contributed by atoms with Gasteiger partial charge in [-0.1, -0.05) is 18.2 Å². The standard InChI is InChI=1S/C9H13N/c1-2-3-4-5-6-7-8-9-10/h2-3,7-8H,4-6H2,1H3/b3-2-,8-7-. The van der Waals surface area contributed by atoms with Gasteiger partial charge in [-0.25, -0.2) is 0 Å². The maximum Gasteiger partial charge on any atom is 0.0908 e. The summed E-state index contributed by atoms with van der Waals surface area (Å²) in [6, 6.07) is 1.96. The Bertz CT molecular complexity index is 149. The van der Waals surface area contributed by atoms with E-state index in [4.69, 9.17) is 5.26 Å². The van der Waals surface area contributed by atoms with Crippen molar-refractivity contribution in [2.24, 2.45) is 0 Å². The molecule has 0 aliphatic carbocycles. The molecule has 10 heavy (non-hydrogen) atoms. The third kappa shape index (κ3) is 6.97. The van der Waals surface area contributed by atoms with Crippen molar-refractivity contribution in [1.29, 1.82) is 5.26 Å². The van der Waals surface area contributed by atoms with E-state index in [1.807, 2.05) is 25.1 Å². The lowest BCUT2D eigenvalue weighted by atomic mass is 10.2. The number of nitriles is 1. The number of nitrogens with zero attached hydrogens (tertiary/aromatic N) is 1. The molecule has 0 atom stereocenters. The van der Waals surface area contributed by atoms with Crippen LogP contribution in [0.1, 0.15) is 26.2 Å². The highest BCUT2D eigenvalue weighted by atomic mass is 14.2. The van der Waals surface area contributed by atoms with Crippen LogP contribution >= 0.6 is 0 Å². The molecular weight excluding hydrogens is 122 g/mol. The van der Waals surface area contributed by atoms with Crippen LogP contribution in [0.15, 0.2) is 24.3 Å². The molecule has 0 bridgehead atoms. The highest BCUT2D eigenvalue weighted by Gasteiger charge is 1.77. The van der Waals surface area contributed by atoms with Crippen molar-refractivity contribution in [2.75, 3.05) is 0 Å². The smallest absolute Gasteiger partial charge is 0.0908 e. The summed E-state index contributed by atoms with van der Waals surface area (Å²) in [7, 11) is 0. The minimum Gasteiger partial charge on any atom is -0.193 e. The Morgan fingerprint density at radius 3 is 2.60 bits per heavy atom.